The van der Waals surface area contributed by atoms with Crippen LogP contribution in [0.5, 0.6) is 0 Å². The monoisotopic (exact) mass is 293 g/mol. The van der Waals surface area contributed by atoms with Crippen LogP contribution in [0.25, 0.3) is 0 Å². The van der Waals surface area contributed by atoms with Gasteiger partial charge in [-0.3, -0.25) is 0 Å². The summed E-state index contributed by atoms with van der Waals surface area (Å²) in [7, 11) is 0. The molecule has 0 radical (unpaired) electrons. The maximum Gasteiger partial charge on any atom is 0.102 e. The minimum Gasteiger partial charge on any atom is -1.00 e. The second kappa shape index (κ2) is 6.34. The number of aliphatic hydroxyl groups excluding tert-OH is 2. The summed E-state index contributed by atoms with van der Waals surface area (Å²) in [5.74, 6) is 0.491. The number of quaternary nitrogens is 1. The molecule has 0 spiro atoms. The van der Waals surface area contributed by atoms with Gasteiger partial charge in [0.15, 0.2) is 0 Å². The van der Waals surface area contributed by atoms with E-state index in [4.69, 9.17) is 0 Å². The third kappa shape index (κ3) is 2.61. The lowest BCUT2D eigenvalue weighted by molar-refractivity contribution is -0.964. The van der Waals surface area contributed by atoms with Crippen LogP contribution in [0, 0.1) is 5.92 Å². The zero-order chi connectivity index (χ0) is 10.7. The van der Waals surface area contributed by atoms with Crippen molar-refractivity contribution in [2.45, 2.75) is 38.1 Å². The first-order valence-electron chi connectivity index (χ1n) is 6.40. The lowest BCUT2D eigenvalue weighted by Gasteiger charge is -2.53. The van der Waals surface area contributed by atoms with Crippen molar-refractivity contribution in [3.8, 4) is 0 Å². The molecule has 3 nitrogen and oxygen atoms in total. The normalized spacial score (nSPS) is 38.6. The average molecular weight is 294 g/mol. The van der Waals surface area contributed by atoms with Gasteiger partial charge in [-0.1, -0.05) is 0 Å². The molecule has 0 saturated carbocycles. The van der Waals surface area contributed by atoms with Gasteiger partial charge in [-0.05, 0) is 25.7 Å². The number of aliphatic hydroxyl groups is 2. The van der Waals surface area contributed by atoms with Gasteiger partial charge in [0.05, 0.1) is 32.3 Å². The molecule has 2 fully saturated rings. The number of rotatable bonds is 3. The fourth-order valence-corrected chi connectivity index (χ4v) is 3.84. The maximum atomic E-state index is 9.44. The van der Waals surface area contributed by atoms with E-state index < -0.39 is 0 Å². The molecule has 0 aliphatic carbocycles. The minimum atomic E-state index is 0. The molecule has 2 rings (SSSR count). The Morgan fingerprint density at radius 2 is 1.75 bits per heavy atom. The van der Waals surface area contributed by atoms with Crippen LogP contribution in [0.4, 0.5) is 0 Å². The first kappa shape index (κ1) is 14.4. The molecule has 96 valence electrons. The Labute approximate surface area is 109 Å². The molecule has 0 aromatic rings. The van der Waals surface area contributed by atoms with Crippen LogP contribution in [-0.4, -0.2) is 53.6 Å². The van der Waals surface area contributed by atoms with Gasteiger partial charge in [0.2, 0.25) is 0 Å². The van der Waals surface area contributed by atoms with Crippen LogP contribution >= 0.6 is 0 Å². The quantitative estimate of drug-likeness (QED) is 0.578. The van der Waals surface area contributed by atoms with Crippen LogP contribution in [0.15, 0.2) is 0 Å². The molecule has 0 bridgehead atoms. The molecule has 2 saturated heterocycles. The summed E-state index contributed by atoms with van der Waals surface area (Å²) in [4.78, 5) is 0. The Bertz CT molecular complexity index is 206. The third-order valence-corrected chi connectivity index (χ3v) is 4.56. The largest absolute Gasteiger partial charge is 1.00 e. The van der Waals surface area contributed by atoms with E-state index in [-0.39, 0.29) is 17.0 Å². The van der Waals surface area contributed by atoms with Crippen LogP contribution in [0.1, 0.15) is 32.1 Å². The summed E-state index contributed by atoms with van der Waals surface area (Å²) in [6.07, 6.45) is 6.28. The van der Waals surface area contributed by atoms with Crippen molar-refractivity contribution < 1.29 is 31.7 Å². The van der Waals surface area contributed by atoms with Crippen LogP contribution in [0.3, 0.4) is 0 Å². The molecule has 4 heteroatoms. The molecule has 2 aliphatic rings. The zero-order valence-corrected chi connectivity index (χ0v) is 11.5. The van der Waals surface area contributed by atoms with Gasteiger partial charge < -0.3 is 31.7 Å². The van der Waals surface area contributed by atoms with Gasteiger partial charge >= 0.3 is 0 Å². The molecule has 16 heavy (non-hydrogen) atoms. The Hall–Kier alpha value is 0.360. The summed E-state index contributed by atoms with van der Waals surface area (Å²) < 4.78 is 1.10. The molecule has 0 aromatic carbocycles. The Kier molecular flexibility index (Phi) is 5.71. The smallest absolute Gasteiger partial charge is 0.102 e. The van der Waals surface area contributed by atoms with Crippen molar-refractivity contribution in [3.05, 3.63) is 0 Å². The summed E-state index contributed by atoms with van der Waals surface area (Å²) in [6, 6.07) is 0.629. The molecule has 2 heterocycles. The average Bonchev–Trinajstić information content (AvgIpc) is 2.28. The highest BCUT2D eigenvalue weighted by Crippen LogP contribution is 2.36. The molecule has 2 N–H and O–H groups in total. The van der Waals surface area contributed by atoms with E-state index in [9.17, 15) is 10.2 Å². The predicted molar refractivity (Wildman–Crippen MR) is 59.4 cm³/mol. The highest BCUT2D eigenvalue weighted by Gasteiger charge is 2.45. The van der Waals surface area contributed by atoms with Gasteiger partial charge in [-0.2, -0.15) is 0 Å². The topological polar surface area (TPSA) is 40.5 Å². The lowest BCUT2D eigenvalue weighted by Crippen LogP contribution is -3.00. The number of hydrogen-bond donors (Lipinski definition) is 2. The Morgan fingerprint density at radius 3 is 2.44 bits per heavy atom. The van der Waals surface area contributed by atoms with Gasteiger partial charge in [-0.15, -0.1) is 0 Å². The van der Waals surface area contributed by atoms with Gasteiger partial charge in [-0.25, -0.2) is 0 Å². The molecular formula is C12H24BrNO2. The van der Waals surface area contributed by atoms with Gasteiger partial charge in [0, 0.05) is 12.3 Å². The number of nitrogens with zero attached hydrogens (tertiary/aromatic N) is 1. The summed E-state index contributed by atoms with van der Waals surface area (Å²) >= 11 is 0. The molecule has 3 atom stereocenters. The standard InChI is InChI=1S/C12H24NO2.BrH/c14-9-8-13-6-2-1-5-12(13)11(10-15)4-3-7-13;/h11-12,14-15H,1-10H2;1H/q+1;/p-1/t11-,12+,13?;/m0./s1. The molecule has 0 aromatic heterocycles. The first-order chi connectivity index (χ1) is 7.32. The lowest BCUT2D eigenvalue weighted by atomic mass is 9.81. The predicted octanol–water partition coefficient (Wildman–Crippen LogP) is -2.25. The van der Waals surface area contributed by atoms with Crippen LogP contribution in [-0.2, 0) is 0 Å². The van der Waals surface area contributed by atoms with E-state index in [0.29, 0.717) is 25.2 Å². The fourth-order valence-electron chi connectivity index (χ4n) is 3.84. The van der Waals surface area contributed by atoms with E-state index in [1.165, 1.54) is 45.2 Å². The van der Waals surface area contributed by atoms with Crippen molar-refractivity contribution >= 4 is 0 Å². The maximum absolute atomic E-state index is 9.44. The SMILES string of the molecule is OCC[N+]12CCCC[C@@H]1[C@H](CO)CCC2.[Br-]. The van der Waals surface area contributed by atoms with Crippen molar-refractivity contribution in [2.75, 3.05) is 32.8 Å². The van der Waals surface area contributed by atoms with Gasteiger partial charge in [0.25, 0.3) is 0 Å². The third-order valence-electron chi connectivity index (χ3n) is 4.56. The summed E-state index contributed by atoms with van der Waals surface area (Å²) in [5, 5.41) is 18.7. The minimum absolute atomic E-state index is 0. The molecular weight excluding hydrogens is 270 g/mol. The van der Waals surface area contributed by atoms with E-state index in [2.05, 4.69) is 0 Å². The van der Waals surface area contributed by atoms with E-state index in [1.807, 2.05) is 0 Å². The van der Waals surface area contributed by atoms with E-state index >= 15 is 0 Å². The summed E-state index contributed by atoms with van der Waals surface area (Å²) in [6.45, 7) is 4.00. The van der Waals surface area contributed by atoms with Crippen molar-refractivity contribution in [1.82, 2.24) is 0 Å². The highest BCUT2D eigenvalue weighted by molar-refractivity contribution is 4.79. The van der Waals surface area contributed by atoms with E-state index in [1.54, 1.807) is 0 Å². The first-order valence-corrected chi connectivity index (χ1v) is 6.40. The van der Waals surface area contributed by atoms with Crippen LogP contribution in [0.2, 0.25) is 0 Å². The molecule has 2 aliphatic heterocycles. The number of fused-ring (bicyclic) bond motifs is 1. The van der Waals surface area contributed by atoms with Gasteiger partial charge in [0.1, 0.15) is 6.54 Å². The molecule has 0 amide bonds. The second-order valence-electron chi connectivity index (χ2n) is 5.26. The number of piperidine rings is 2. The van der Waals surface area contributed by atoms with Crippen molar-refractivity contribution in [2.24, 2.45) is 5.92 Å². The molecule has 1 unspecified atom stereocenters. The Morgan fingerprint density at radius 1 is 1.00 bits per heavy atom. The van der Waals surface area contributed by atoms with Crippen molar-refractivity contribution in [3.63, 3.8) is 0 Å². The summed E-state index contributed by atoms with van der Waals surface area (Å²) in [5.41, 5.74) is 0. The van der Waals surface area contributed by atoms with E-state index in [0.717, 1.165) is 11.0 Å². The fraction of sp³-hybridized carbons (Fsp3) is 1.00. The highest BCUT2D eigenvalue weighted by atomic mass is 79.9. The number of hydrogen-bond acceptors (Lipinski definition) is 2. The number of halogens is 1. The second-order valence-corrected chi connectivity index (χ2v) is 5.26. The zero-order valence-electron chi connectivity index (χ0n) is 9.95. The van der Waals surface area contributed by atoms with Crippen molar-refractivity contribution in [1.29, 1.82) is 0 Å². The van der Waals surface area contributed by atoms with Crippen LogP contribution < -0.4 is 17.0 Å². The Balaban J connectivity index is 0.00000128.